The molecule has 0 aliphatic carbocycles. The second kappa shape index (κ2) is 9.88. The van der Waals surface area contributed by atoms with Crippen molar-refractivity contribution in [2.45, 2.75) is 13.3 Å². The lowest BCUT2D eigenvalue weighted by molar-refractivity contribution is -0.134. The van der Waals surface area contributed by atoms with Crippen molar-refractivity contribution < 1.29 is 9.53 Å². The number of hydrogen-bond donors (Lipinski definition) is 0. The third kappa shape index (κ3) is 4.76. The molecule has 3 aromatic carbocycles. The molecule has 1 aromatic heterocycles. The highest BCUT2D eigenvalue weighted by molar-refractivity contribution is 6.32. The maximum Gasteiger partial charge on any atom is 0.330 e. The lowest BCUT2D eigenvalue weighted by Crippen LogP contribution is -1.97. The average molecular weight is 457 g/mol. The van der Waals surface area contributed by atoms with Gasteiger partial charge in [0.15, 0.2) is 0 Å². The third-order valence-corrected chi connectivity index (χ3v) is 6.03. The molecule has 0 amide bonds. The van der Waals surface area contributed by atoms with Gasteiger partial charge in [0.05, 0.1) is 18.8 Å². The fourth-order valence-electron chi connectivity index (χ4n) is 4.04. The Bertz CT molecular complexity index is 1360. The topological polar surface area (TPSA) is 44.1 Å². The van der Waals surface area contributed by atoms with E-state index in [1.807, 2.05) is 48.3 Å². The van der Waals surface area contributed by atoms with Gasteiger partial charge in [0, 0.05) is 23.5 Å². The molecule has 33 heavy (non-hydrogen) atoms. The van der Waals surface area contributed by atoms with Crippen LogP contribution in [0, 0.1) is 0 Å². The quantitative estimate of drug-likeness (QED) is 0.182. The predicted octanol–water partition coefficient (Wildman–Crippen LogP) is 6.78. The molecule has 1 heterocycles. The number of halogens is 1. The summed E-state index contributed by atoms with van der Waals surface area (Å²) in [4.78, 5) is 11.4. The number of esters is 1. The van der Waals surface area contributed by atoms with Gasteiger partial charge in [0.25, 0.3) is 0 Å². The molecular weight excluding hydrogens is 432 g/mol. The van der Waals surface area contributed by atoms with Crippen molar-refractivity contribution in [2.75, 3.05) is 7.11 Å². The molecule has 0 saturated carbocycles. The van der Waals surface area contributed by atoms with E-state index in [-0.39, 0.29) is 5.97 Å². The zero-order valence-corrected chi connectivity index (χ0v) is 19.6. The second-order valence-electron chi connectivity index (χ2n) is 7.71. The van der Waals surface area contributed by atoms with E-state index in [1.54, 1.807) is 6.08 Å². The molecule has 0 aliphatic heterocycles. The molecule has 4 aromatic rings. The van der Waals surface area contributed by atoms with Gasteiger partial charge in [0.2, 0.25) is 0 Å². The summed E-state index contributed by atoms with van der Waals surface area (Å²) in [6.45, 7) is 2.15. The van der Waals surface area contributed by atoms with Crippen LogP contribution in [0.25, 0.3) is 28.1 Å². The fraction of sp³-hybridized carbons (Fsp3) is 0.143. The molecule has 0 bridgehead atoms. The van der Waals surface area contributed by atoms with Crippen LogP contribution in [0.3, 0.4) is 0 Å². The number of aryl methyl sites for hydroxylation is 1. The van der Waals surface area contributed by atoms with Crippen molar-refractivity contribution in [2.24, 2.45) is 7.05 Å². The van der Waals surface area contributed by atoms with Gasteiger partial charge in [-0.2, -0.15) is 5.10 Å². The molecule has 0 atom stereocenters. The summed E-state index contributed by atoms with van der Waals surface area (Å²) in [6, 6.07) is 22.5. The highest BCUT2D eigenvalue weighted by atomic mass is 35.5. The number of benzene rings is 3. The Kier molecular flexibility index (Phi) is 6.76. The number of hydrogen-bond acceptors (Lipinski definition) is 3. The van der Waals surface area contributed by atoms with Crippen LogP contribution in [0.5, 0.6) is 0 Å². The number of carbonyl (C=O) groups is 1. The lowest BCUT2D eigenvalue weighted by Gasteiger charge is -2.17. The number of fused-ring (bicyclic) bond motifs is 1. The molecule has 0 fully saturated rings. The molecule has 5 heteroatoms. The molecule has 0 unspecified atom stereocenters. The van der Waals surface area contributed by atoms with Crippen molar-refractivity contribution in [3.05, 3.63) is 106 Å². The van der Waals surface area contributed by atoms with Crippen LogP contribution in [-0.4, -0.2) is 22.9 Å². The SMILES string of the molecule is CC/C(=C(\c1ccc(C=CC(=O)OC)cc1)c1ccc2c(cnn2C)c1)c1ccccc1Cl. The predicted molar refractivity (Wildman–Crippen MR) is 136 cm³/mol. The van der Waals surface area contributed by atoms with Gasteiger partial charge in [-0.15, -0.1) is 0 Å². The van der Waals surface area contributed by atoms with E-state index in [9.17, 15) is 4.79 Å². The monoisotopic (exact) mass is 456 g/mol. The van der Waals surface area contributed by atoms with Gasteiger partial charge in [-0.25, -0.2) is 4.79 Å². The van der Waals surface area contributed by atoms with Crippen molar-refractivity contribution >= 4 is 45.7 Å². The smallest absolute Gasteiger partial charge is 0.330 e. The molecular formula is C28H25ClN2O2. The van der Waals surface area contributed by atoms with E-state index >= 15 is 0 Å². The molecule has 4 nitrogen and oxygen atoms in total. The fourth-order valence-corrected chi connectivity index (χ4v) is 4.29. The van der Waals surface area contributed by atoms with Crippen LogP contribution in [0.2, 0.25) is 5.02 Å². The maximum absolute atomic E-state index is 11.4. The molecule has 0 N–H and O–H groups in total. The van der Waals surface area contributed by atoms with Gasteiger partial charge < -0.3 is 4.74 Å². The minimum absolute atomic E-state index is 0.378. The summed E-state index contributed by atoms with van der Waals surface area (Å²) in [6.07, 6.45) is 5.87. The van der Waals surface area contributed by atoms with Crippen LogP contribution in [0.15, 0.2) is 79.0 Å². The number of allylic oxidation sites excluding steroid dienone is 1. The Morgan fingerprint density at radius 3 is 2.48 bits per heavy atom. The highest BCUT2D eigenvalue weighted by Crippen LogP contribution is 2.38. The Morgan fingerprint density at radius 1 is 1.06 bits per heavy atom. The van der Waals surface area contributed by atoms with Gasteiger partial charge in [0.1, 0.15) is 0 Å². The zero-order valence-electron chi connectivity index (χ0n) is 18.9. The molecule has 166 valence electrons. The maximum atomic E-state index is 11.4. The van der Waals surface area contributed by atoms with E-state index in [0.29, 0.717) is 0 Å². The van der Waals surface area contributed by atoms with Crippen LogP contribution >= 0.6 is 11.6 Å². The summed E-state index contributed by atoms with van der Waals surface area (Å²) in [5.74, 6) is -0.378. The first-order chi connectivity index (χ1) is 16.0. The summed E-state index contributed by atoms with van der Waals surface area (Å²) in [7, 11) is 3.31. The zero-order chi connectivity index (χ0) is 23.4. The van der Waals surface area contributed by atoms with Gasteiger partial charge in [-0.3, -0.25) is 4.68 Å². The van der Waals surface area contributed by atoms with Crippen LogP contribution in [-0.2, 0) is 16.6 Å². The van der Waals surface area contributed by atoms with Crippen molar-refractivity contribution in [1.29, 1.82) is 0 Å². The van der Waals surface area contributed by atoms with E-state index < -0.39 is 0 Å². The standard InChI is InChI=1S/C28H25ClN2O2/c1-4-23(24-7-5-6-8-25(24)29)28(21-14-15-26-22(17-21)18-30-31(26)2)20-12-9-19(10-13-20)11-16-27(32)33-3/h5-18H,4H2,1-3H3/b16-11?,28-23-. The van der Waals surface area contributed by atoms with Gasteiger partial charge >= 0.3 is 5.97 Å². The minimum atomic E-state index is -0.378. The Balaban J connectivity index is 1.90. The third-order valence-electron chi connectivity index (χ3n) is 5.70. The average Bonchev–Trinajstić information content (AvgIpc) is 3.22. The molecule has 0 radical (unpaired) electrons. The first-order valence-corrected chi connectivity index (χ1v) is 11.2. The number of methoxy groups -OCH3 is 1. The van der Waals surface area contributed by atoms with E-state index in [1.165, 1.54) is 18.8 Å². The first kappa shape index (κ1) is 22.6. The number of rotatable bonds is 6. The van der Waals surface area contributed by atoms with Crippen molar-refractivity contribution in [1.82, 2.24) is 9.78 Å². The lowest BCUT2D eigenvalue weighted by atomic mass is 9.87. The second-order valence-corrected chi connectivity index (χ2v) is 8.11. The molecule has 0 saturated heterocycles. The normalized spacial score (nSPS) is 12.2. The number of aromatic nitrogens is 2. The number of nitrogens with zero attached hydrogens (tertiary/aromatic N) is 2. The Labute approximate surface area is 198 Å². The highest BCUT2D eigenvalue weighted by Gasteiger charge is 2.16. The largest absolute Gasteiger partial charge is 0.466 e. The van der Waals surface area contributed by atoms with Crippen LogP contribution in [0.1, 0.15) is 35.6 Å². The summed E-state index contributed by atoms with van der Waals surface area (Å²) >= 11 is 6.62. The molecule has 4 rings (SSSR count). The van der Waals surface area contributed by atoms with Crippen LogP contribution in [0.4, 0.5) is 0 Å². The van der Waals surface area contributed by atoms with Crippen LogP contribution < -0.4 is 0 Å². The van der Waals surface area contributed by atoms with E-state index in [4.69, 9.17) is 11.6 Å². The summed E-state index contributed by atoms with van der Waals surface area (Å²) < 4.78 is 6.56. The van der Waals surface area contributed by atoms with Gasteiger partial charge in [-0.05, 0) is 64.1 Å². The first-order valence-electron chi connectivity index (χ1n) is 10.8. The molecule has 0 aliphatic rings. The van der Waals surface area contributed by atoms with Crippen molar-refractivity contribution in [3.63, 3.8) is 0 Å². The van der Waals surface area contributed by atoms with Gasteiger partial charge in [-0.1, -0.05) is 67.1 Å². The Morgan fingerprint density at radius 2 is 1.79 bits per heavy atom. The number of carbonyl (C=O) groups excluding carboxylic acids is 1. The summed E-state index contributed by atoms with van der Waals surface area (Å²) in [5.41, 5.74) is 7.49. The summed E-state index contributed by atoms with van der Waals surface area (Å²) in [5, 5.41) is 6.21. The minimum Gasteiger partial charge on any atom is -0.466 e. The Hall–Kier alpha value is -3.63. The number of ether oxygens (including phenoxy) is 1. The van der Waals surface area contributed by atoms with E-state index in [2.05, 4.69) is 53.2 Å². The van der Waals surface area contributed by atoms with E-state index in [0.717, 1.165) is 50.2 Å². The molecule has 0 spiro atoms. The van der Waals surface area contributed by atoms with Crippen molar-refractivity contribution in [3.8, 4) is 0 Å².